The van der Waals surface area contributed by atoms with Gasteiger partial charge in [0.2, 0.25) is 0 Å². The van der Waals surface area contributed by atoms with Crippen LogP contribution in [0.3, 0.4) is 0 Å². The normalized spacial score (nSPS) is 27.9. The summed E-state index contributed by atoms with van der Waals surface area (Å²) < 4.78 is 7.16. The minimum atomic E-state index is -0.536. The monoisotopic (exact) mass is 552 g/mol. The van der Waals surface area contributed by atoms with Crippen LogP contribution >= 0.6 is 15.8 Å². The van der Waals surface area contributed by atoms with Crippen LogP contribution in [0.1, 0.15) is 70.6 Å². The van der Waals surface area contributed by atoms with Gasteiger partial charge in [-0.25, -0.2) is 0 Å². The molecule has 5 aliphatic rings. The highest BCUT2D eigenvalue weighted by atomic mass is 31.1. The summed E-state index contributed by atoms with van der Waals surface area (Å²) in [5.74, 6) is 2.35. The van der Waals surface area contributed by atoms with Crippen LogP contribution in [0.5, 0.6) is 5.75 Å². The molecule has 0 amide bonds. The number of benzene rings is 1. The van der Waals surface area contributed by atoms with Gasteiger partial charge in [0, 0.05) is 22.3 Å². The van der Waals surface area contributed by atoms with E-state index in [-0.39, 0.29) is 7.92 Å². The number of hydrogen-bond donors (Lipinski definition) is 0. The molecule has 39 heavy (non-hydrogen) atoms. The van der Waals surface area contributed by atoms with Crippen molar-refractivity contribution in [1.82, 2.24) is 0 Å². The summed E-state index contributed by atoms with van der Waals surface area (Å²) in [5, 5.41) is 4.68. The Morgan fingerprint density at radius 1 is 0.718 bits per heavy atom. The first kappa shape index (κ1) is 27.0. The van der Waals surface area contributed by atoms with Gasteiger partial charge < -0.3 is 4.74 Å². The van der Waals surface area contributed by atoms with Crippen molar-refractivity contribution in [2.24, 2.45) is 0 Å². The standard InChI is InChI=1S/C36H42OP2/c1-5-17-29(18-6-1)38(30-19-7-2-8-20-30)35-27-15-13-25-33(35)37-34-26-14-16-28-36(34)39(31-21-9-3-10-22-31)32-23-11-4-12-24-32/h1,3,5-7,9-10,13,15,17,19-21,23,25-27,29,31,36H,2,4,8,11-12,14,16,18,22,24,28H2. The summed E-state index contributed by atoms with van der Waals surface area (Å²) in [7, 11) is -0.844. The van der Waals surface area contributed by atoms with E-state index in [4.69, 9.17) is 4.74 Å². The molecule has 0 aliphatic heterocycles. The minimum absolute atomic E-state index is 0.308. The van der Waals surface area contributed by atoms with Gasteiger partial charge in [-0.1, -0.05) is 99.0 Å². The lowest BCUT2D eigenvalue weighted by atomic mass is 10.1. The number of ether oxygens (including phenoxy) is 1. The molecule has 202 valence electrons. The molecular formula is C36H42OP2. The molecule has 0 heterocycles. The van der Waals surface area contributed by atoms with E-state index in [0.29, 0.717) is 17.0 Å². The van der Waals surface area contributed by atoms with Crippen LogP contribution in [0.2, 0.25) is 0 Å². The van der Waals surface area contributed by atoms with E-state index in [1.807, 2.05) is 0 Å². The van der Waals surface area contributed by atoms with Crippen LogP contribution < -0.4 is 10.0 Å². The molecule has 5 aliphatic carbocycles. The maximum atomic E-state index is 7.16. The molecule has 0 radical (unpaired) electrons. The summed E-state index contributed by atoms with van der Waals surface area (Å²) in [5.41, 5.74) is 1.67. The lowest BCUT2D eigenvalue weighted by molar-refractivity contribution is 0.389. The third-order valence-corrected chi connectivity index (χ3v) is 14.7. The Morgan fingerprint density at radius 2 is 1.54 bits per heavy atom. The molecule has 0 spiro atoms. The van der Waals surface area contributed by atoms with Gasteiger partial charge in [-0.15, -0.1) is 0 Å². The molecule has 0 saturated carbocycles. The number of allylic oxidation sites excluding steroid dienone is 16. The summed E-state index contributed by atoms with van der Waals surface area (Å²) in [6.07, 6.45) is 44.5. The molecule has 0 fully saturated rings. The van der Waals surface area contributed by atoms with Crippen LogP contribution in [0.15, 0.2) is 120 Å². The Balaban J connectivity index is 1.34. The Hall–Kier alpha value is -2.20. The van der Waals surface area contributed by atoms with E-state index in [2.05, 4.69) is 103 Å². The zero-order valence-corrected chi connectivity index (χ0v) is 24.9. The van der Waals surface area contributed by atoms with Gasteiger partial charge in [-0.3, -0.25) is 0 Å². The molecule has 5 unspecified atom stereocenters. The van der Waals surface area contributed by atoms with E-state index >= 15 is 0 Å². The lowest BCUT2D eigenvalue weighted by Gasteiger charge is -2.39. The average molecular weight is 553 g/mol. The summed E-state index contributed by atoms with van der Waals surface area (Å²) in [6, 6.07) is 9.00. The van der Waals surface area contributed by atoms with Crippen LogP contribution in [0, 0.1) is 0 Å². The topological polar surface area (TPSA) is 9.23 Å². The second-order valence-corrected chi connectivity index (χ2v) is 16.3. The van der Waals surface area contributed by atoms with E-state index in [1.54, 1.807) is 5.31 Å². The highest BCUT2D eigenvalue weighted by Crippen LogP contribution is 2.62. The quantitative estimate of drug-likeness (QED) is 0.292. The predicted octanol–water partition coefficient (Wildman–Crippen LogP) is 10.6. The van der Waals surface area contributed by atoms with Crippen LogP contribution in [-0.4, -0.2) is 17.0 Å². The predicted molar refractivity (Wildman–Crippen MR) is 173 cm³/mol. The van der Waals surface area contributed by atoms with Crippen molar-refractivity contribution in [3.05, 3.63) is 120 Å². The largest absolute Gasteiger partial charge is 0.461 e. The third kappa shape index (κ3) is 6.42. The number of para-hydroxylation sites is 1. The summed E-state index contributed by atoms with van der Waals surface area (Å²) in [6.45, 7) is 0. The lowest BCUT2D eigenvalue weighted by Crippen LogP contribution is -2.25. The minimum Gasteiger partial charge on any atom is -0.461 e. The van der Waals surface area contributed by atoms with Crippen molar-refractivity contribution in [2.75, 3.05) is 0 Å². The molecule has 1 aromatic carbocycles. The molecule has 0 saturated heterocycles. The molecule has 5 atom stereocenters. The van der Waals surface area contributed by atoms with Crippen molar-refractivity contribution < 1.29 is 4.74 Å². The van der Waals surface area contributed by atoms with E-state index < -0.39 is 7.92 Å². The van der Waals surface area contributed by atoms with E-state index in [9.17, 15) is 0 Å². The average Bonchev–Trinajstić information content (AvgIpc) is 3.01. The van der Waals surface area contributed by atoms with Crippen molar-refractivity contribution in [2.45, 2.75) is 87.6 Å². The highest BCUT2D eigenvalue weighted by molar-refractivity contribution is 7.71. The SMILES string of the molecule is C1=CCC(P(C2=CCCC=C2)c2ccccc2OC2=CCCCC2P(C2=CCCCC2)C2C=CC=CC2)C=C1. The molecule has 0 aromatic heterocycles. The van der Waals surface area contributed by atoms with Crippen LogP contribution in [0.4, 0.5) is 0 Å². The molecule has 0 N–H and O–H groups in total. The Labute approximate surface area is 238 Å². The van der Waals surface area contributed by atoms with Crippen molar-refractivity contribution in [3.8, 4) is 5.75 Å². The molecule has 6 rings (SSSR count). The summed E-state index contributed by atoms with van der Waals surface area (Å²) >= 11 is 0. The molecule has 1 nitrogen and oxygen atoms in total. The smallest absolute Gasteiger partial charge is 0.134 e. The van der Waals surface area contributed by atoms with E-state index in [0.717, 1.165) is 31.4 Å². The Morgan fingerprint density at radius 3 is 2.28 bits per heavy atom. The number of rotatable bonds is 8. The first-order valence-corrected chi connectivity index (χ1v) is 18.0. The number of hydrogen-bond acceptors (Lipinski definition) is 1. The molecule has 3 heteroatoms. The molecule has 0 bridgehead atoms. The van der Waals surface area contributed by atoms with Gasteiger partial charge in [-0.2, -0.15) is 0 Å². The highest BCUT2D eigenvalue weighted by Gasteiger charge is 2.36. The fourth-order valence-corrected chi connectivity index (χ4v) is 13.0. The fraction of sp³-hybridized carbons (Fsp3) is 0.389. The van der Waals surface area contributed by atoms with Crippen LogP contribution in [-0.2, 0) is 0 Å². The van der Waals surface area contributed by atoms with Gasteiger partial charge in [0.05, 0.1) is 0 Å². The zero-order valence-electron chi connectivity index (χ0n) is 23.1. The molecule has 1 aromatic rings. The van der Waals surface area contributed by atoms with Gasteiger partial charge in [-0.05, 0) is 101 Å². The molecular weight excluding hydrogens is 510 g/mol. The van der Waals surface area contributed by atoms with E-state index in [1.165, 1.54) is 61.3 Å². The van der Waals surface area contributed by atoms with Crippen molar-refractivity contribution >= 4 is 21.1 Å². The first-order valence-electron chi connectivity index (χ1n) is 15.2. The van der Waals surface area contributed by atoms with Gasteiger partial charge >= 0.3 is 0 Å². The Kier molecular flexibility index (Phi) is 9.30. The van der Waals surface area contributed by atoms with Gasteiger partial charge in [0.1, 0.15) is 11.5 Å². The third-order valence-electron chi connectivity index (χ3n) is 8.50. The summed E-state index contributed by atoms with van der Waals surface area (Å²) in [4.78, 5) is 0. The Bertz CT molecular complexity index is 1260. The van der Waals surface area contributed by atoms with Gasteiger partial charge in [0.15, 0.2) is 0 Å². The fourth-order valence-electron chi connectivity index (χ4n) is 6.61. The van der Waals surface area contributed by atoms with Crippen molar-refractivity contribution in [1.29, 1.82) is 0 Å². The zero-order chi connectivity index (χ0) is 26.3. The second-order valence-electron chi connectivity index (χ2n) is 11.2. The second kappa shape index (κ2) is 13.4. The first-order chi connectivity index (χ1) is 19.4. The van der Waals surface area contributed by atoms with Crippen molar-refractivity contribution in [3.63, 3.8) is 0 Å². The maximum Gasteiger partial charge on any atom is 0.134 e. The van der Waals surface area contributed by atoms with Gasteiger partial charge in [0.25, 0.3) is 0 Å². The van der Waals surface area contributed by atoms with Crippen LogP contribution in [0.25, 0.3) is 0 Å². The maximum absolute atomic E-state index is 7.16.